The van der Waals surface area contributed by atoms with Gasteiger partial charge in [-0.1, -0.05) is 0 Å². The van der Waals surface area contributed by atoms with E-state index in [1.165, 1.54) is 16.5 Å². The van der Waals surface area contributed by atoms with E-state index in [1.54, 1.807) is 8.70 Å². The minimum absolute atomic E-state index is 0.329. The van der Waals surface area contributed by atoms with Crippen LogP contribution < -0.4 is 0 Å². The van der Waals surface area contributed by atoms with Gasteiger partial charge in [0.05, 0.1) is 0 Å². The molecule has 1 heteroatoms. The zero-order valence-electron chi connectivity index (χ0n) is 10.1. The molecular formula is C14H18Se. The van der Waals surface area contributed by atoms with Gasteiger partial charge in [0.2, 0.25) is 0 Å². The van der Waals surface area contributed by atoms with Gasteiger partial charge < -0.3 is 0 Å². The fourth-order valence-corrected chi connectivity index (χ4v) is 4.90. The molecule has 0 bridgehead atoms. The van der Waals surface area contributed by atoms with Crippen LogP contribution in [0.1, 0.15) is 36.3 Å². The first-order chi connectivity index (χ1) is 6.91. The molecular weight excluding hydrogens is 247 g/mol. The van der Waals surface area contributed by atoms with Crippen LogP contribution in [0.5, 0.6) is 0 Å². The first kappa shape index (κ1) is 11.0. The molecule has 0 nitrogen and oxygen atoms in total. The zero-order chi connectivity index (χ0) is 11.2. The molecule has 0 spiro atoms. The summed E-state index contributed by atoms with van der Waals surface area (Å²) in [5, 5.41) is 1.50. The van der Waals surface area contributed by atoms with E-state index in [4.69, 9.17) is 0 Å². The Hall–Kier alpha value is -0.521. The molecule has 80 valence electrons. The number of aryl methyl sites for hydroxylation is 2. The molecule has 0 N–H and O–H groups in total. The maximum absolute atomic E-state index is 2.33. The molecule has 0 unspecified atom stereocenters. The number of hydrogen-bond donors (Lipinski definition) is 0. The van der Waals surface area contributed by atoms with Gasteiger partial charge in [-0.05, 0) is 0 Å². The normalized spacial score (nSPS) is 12.3. The molecule has 15 heavy (non-hydrogen) atoms. The molecule has 0 saturated heterocycles. The standard InChI is InChI=1S/C14H18Se/c1-9-7-6-8-11-10(2)13(14(3,4)5)15-12(9)11/h6-8H,1-5H3. The van der Waals surface area contributed by atoms with Crippen LogP contribution in [0.15, 0.2) is 18.2 Å². The average molecular weight is 265 g/mol. The first-order valence-corrected chi connectivity index (χ1v) is 7.12. The molecule has 1 heterocycles. The summed E-state index contributed by atoms with van der Waals surface area (Å²) in [7, 11) is 0. The molecule has 0 aliphatic carbocycles. The van der Waals surface area contributed by atoms with Gasteiger partial charge in [0, 0.05) is 0 Å². The summed E-state index contributed by atoms with van der Waals surface area (Å²) in [5.41, 5.74) is 3.32. The number of fused-ring (bicyclic) bond motifs is 1. The summed E-state index contributed by atoms with van der Waals surface area (Å²) < 4.78 is 3.27. The summed E-state index contributed by atoms with van der Waals surface area (Å²) in [6, 6.07) is 6.69. The van der Waals surface area contributed by atoms with Crippen molar-refractivity contribution in [1.29, 1.82) is 0 Å². The Labute approximate surface area is 98.1 Å². The number of benzene rings is 1. The van der Waals surface area contributed by atoms with Gasteiger partial charge in [0.1, 0.15) is 0 Å². The van der Waals surface area contributed by atoms with Crippen LogP contribution in [-0.4, -0.2) is 14.5 Å². The van der Waals surface area contributed by atoms with Gasteiger partial charge in [0.25, 0.3) is 0 Å². The molecule has 0 radical (unpaired) electrons. The van der Waals surface area contributed by atoms with E-state index in [1.807, 2.05) is 0 Å². The van der Waals surface area contributed by atoms with E-state index in [-0.39, 0.29) is 0 Å². The van der Waals surface area contributed by atoms with E-state index in [9.17, 15) is 0 Å². The fraction of sp³-hybridized carbons (Fsp3) is 0.429. The minimum atomic E-state index is 0.329. The molecule has 2 aromatic rings. The molecule has 0 fully saturated rings. The van der Waals surface area contributed by atoms with E-state index >= 15 is 0 Å². The van der Waals surface area contributed by atoms with Crippen LogP contribution in [0, 0.1) is 13.8 Å². The van der Waals surface area contributed by atoms with Crippen molar-refractivity contribution in [3.05, 3.63) is 33.8 Å². The maximum atomic E-state index is 2.33. The number of hydrogen-bond acceptors (Lipinski definition) is 0. The predicted octanol–water partition coefficient (Wildman–Crippen LogP) is 3.81. The predicted molar refractivity (Wildman–Crippen MR) is 69.1 cm³/mol. The summed E-state index contributed by atoms with van der Waals surface area (Å²) >= 11 is 0.545. The topological polar surface area (TPSA) is 0 Å². The van der Waals surface area contributed by atoms with Crippen LogP contribution in [0.4, 0.5) is 0 Å². The Morgan fingerprint density at radius 1 is 1.07 bits per heavy atom. The fourth-order valence-electron chi connectivity index (χ4n) is 2.10. The molecule has 0 amide bonds. The van der Waals surface area contributed by atoms with Gasteiger partial charge in [-0.3, -0.25) is 0 Å². The van der Waals surface area contributed by atoms with E-state index in [0.29, 0.717) is 19.9 Å². The van der Waals surface area contributed by atoms with Gasteiger partial charge in [-0.15, -0.1) is 0 Å². The Balaban J connectivity index is 2.81. The molecule has 0 aliphatic heterocycles. The van der Waals surface area contributed by atoms with Crippen LogP contribution in [0.25, 0.3) is 9.65 Å². The van der Waals surface area contributed by atoms with E-state index in [0.717, 1.165) is 0 Å². The second kappa shape index (κ2) is 3.50. The summed E-state index contributed by atoms with van der Waals surface area (Å²) in [6.45, 7) is 11.5. The number of rotatable bonds is 0. The SMILES string of the molecule is Cc1c(C(C)(C)C)[se]c2c(C)cccc12. The summed E-state index contributed by atoms with van der Waals surface area (Å²) in [5.74, 6) is 0. The Kier molecular flexibility index (Phi) is 2.56. The molecule has 1 aromatic carbocycles. The average Bonchev–Trinajstić information content (AvgIpc) is 2.45. The molecule has 0 atom stereocenters. The third-order valence-corrected chi connectivity index (χ3v) is 6.76. The van der Waals surface area contributed by atoms with Crippen LogP contribution in [0.2, 0.25) is 0 Å². The summed E-state index contributed by atoms with van der Waals surface area (Å²) in [6.07, 6.45) is 0. The third kappa shape index (κ3) is 1.79. The van der Waals surface area contributed by atoms with Gasteiger partial charge >= 0.3 is 97.9 Å². The molecule has 0 aliphatic rings. The van der Waals surface area contributed by atoms with Crippen molar-refractivity contribution in [2.45, 2.75) is 40.0 Å². The van der Waals surface area contributed by atoms with Crippen molar-refractivity contribution in [2.75, 3.05) is 0 Å². The van der Waals surface area contributed by atoms with Crippen molar-refractivity contribution < 1.29 is 0 Å². The molecule has 2 rings (SSSR count). The zero-order valence-corrected chi connectivity index (χ0v) is 11.9. The quantitative estimate of drug-likeness (QED) is 0.635. The van der Waals surface area contributed by atoms with Crippen molar-refractivity contribution >= 4 is 24.1 Å². The second-order valence-electron chi connectivity index (χ2n) is 5.26. The van der Waals surface area contributed by atoms with Crippen molar-refractivity contribution in [3.63, 3.8) is 0 Å². The first-order valence-electron chi connectivity index (χ1n) is 5.40. The van der Waals surface area contributed by atoms with Crippen LogP contribution in [0.3, 0.4) is 0 Å². The van der Waals surface area contributed by atoms with Gasteiger partial charge in [0.15, 0.2) is 0 Å². The molecule has 0 saturated carbocycles. The monoisotopic (exact) mass is 266 g/mol. The Morgan fingerprint density at radius 2 is 1.73 bits per heavy atom. The van der Waals surface area contributed by atoms with Crippen LogP contribution >= 0.6 is 0 Å². The second-order valence-corrected chi connectivity index (χ2v) is 7.40. The van der Waals surface area contributed by atoms with Crippen molar-refractivity contribution in [2.24, 2.45) is 0 Å². The Bertz CT molecular complexity index is 498. The van der Waals surface area contributed by atoms with E-state index in [2.05, 4.69) is 52.8 Å². The van der Waals surface area contributed by atoms with Crippen LogP contribution in [-0.2, 0) is 5.41 Å². The van der Waals surface area contributed by atoms with Gasteiger partial charge in [-0.2, -0.15) is 0 Å². The molecule has 1 aromatic heterocycles. The van der Waals surface area contributed by atoms with E-state index < -0.39 is 0 Å². The Morgan fingerprint density at radius 3 is 2.27 bits per heavy atom. The summed E-state index contributed by atoms with van der Waals surface area (Å²) in [4.78, 5) is 0. The third-order valence-electron chi connectivity index (χ3n) is 2.84. The van der Waals surface area contributed by atoms with Crippen molar-refractivity contribution in [3.8, 4) is 0 Å². The van der Waals surface area contributed by atoms with Gasteiger partial charge in [-0.25, -0.2) is 0 Å². The van der Waals surface area contributed by atoms with Crippen molar-refractivity contribution in [1.82, 2.24) is 0 Å².